The summed E-state index contributed by atoms with van der Waals surface area (Å²) in [5, 5.41) is 3.19. The molecule has 1 saturated heterocycles. The first-order valence-electron chi connectivity index (χ1n) is 16.8. The van der Waals surface area contributed by atoms with E-state index in [1.807, 2.05) is 19.1 Å². The van der Waals surface area contributed by atoms with Crippen molar-refractivity contribution in [3.05, 3.63) is 42.4 Å². The average molecular weight is 686 g/mol. The maximum absolute atomic E-state index is 14.3. The van der Waals surface area contributed by atoms with E-state index in [2.05, 4.69) is 21.9 Å². The number of hydrogen-bond acceptors (Lipinski definition) is 9. The first-order chi connectivity index (χ1) is 22.9. The number of pyridine rings is 1. The Bertz CT molecular complexity index is 1730. The maximum atomic E-state index is 14.3. The Morgan fingerprint density at radius 2 is 1.98 bits per heavy atom. The molecule has 1 aromatic carbocycles. The van der Waals surface area contributed by atoms with Gasteiger partial charge in [-0.15, -0.1) is 0 Å². The fourth-order valence-corrected chi connectivity index (χ4v) is 8.52. The summed E-state index contributed by atoms with van der Waals surface area (Å²) in [6.45, 7) is 4.11. The van der Waals surface area contributed by atoms with Gasteiger partial charge in [-0.2, -0.15) is 0 Å². The predicted octanol–water partition coefficient (Wildman–Crippen LogP) is 2.94. The van der Waals surface area contributed by atoms with E-state index in [0.29, 0.717) is 35.8 Å². The number of fused-ring (bicyclic) bond motifs is 3. The molecule has 0 unspecified atom stereocenters. The SMILES string of the molecule is CC[C@@H]1C[C@H](C)CCC=C[C@@H]2C[C@@]2(C(=O)NS(=O)(=O)C2CC2)NC(=O)[C@@H]2C[C@@H](Oc3ncc(OC)c4ccc(F)cc34)CN2C(=O)[C@H]1N. The van der Waals surface area contributed by atoms with Crippen molar-refractivity contribution in [2.75, 3.05) is 13.7 Å². The van der Waals surface area contributed by atoms with Gasteiger partial charge in [-0.1, -0.05) is 32.4 Å². The molecular formula is C34H44FN5O7S. The van der Waals surface area contributed by atoms with E-state index in [1.54, 1.807) is 6.07 Å². The number of nitrogens with two attached hydrogens (primary N) is 1. The number of carbonyl (C=O) groups is 3. The van der Waals surface area contributed by atoms with Gasteiger partial charge in [-0.05, 0) is 68.6 Å². The number of halogens is 1. The Balaban J connectivity index is 1.32. The van der Waals surface area contributed by atoms with Crippen LogP contribution in [0.3, 0.4) is 0 Å². The van der Waals surface area contributed by atoms with Crippen LogP contribution in [0.15, 0.2) is 36.5 Å². The van der Waals surface area contributed by atoms with Gasteiger partial charge in [0.05, 0.1) is 36.5 Å². The van der Waals surface area contributed by atoms with Crippen LogP contribution in [0.5, 0.6) is 11.6 Å². The number of amides is 3. The van der Waals surface area contributed by atoms with Crippen LogP contribution in [0.4, 0.5) is 4.39 Å². The van der Waals surface area contributed by atoms with Crippen LogP contribution in [-0.4, -0.2) is 78.7 Å². The molecule has 3 heterocycles. The highest BCUT2D eigenvalue weighted by atomic mass is 32.2. The molecule has 0 spiro atoms. The normalized spacial score (nSPS) is 31.2. The predicted molar refractivity (Wildman–Crippen MR) is 176 cm³/mol. The van der Waals surface area contributed by atoms with Gasteiger partial charge < -0.3 is 25.4 Å². The smallest absolute Gasteiger partial charge is 0.259 e. The molecule has 0 bridgehead atoms. The Hall–Kier alpha value is -3.78. The lowest BCUT2D eigenvalue weighted by Gasteiger charge is -2.31. The third-order valence-corrected chi connectivity index (χ3v) is 12.1. The fourth-order valence-electron chi connectivity index (χ4n) is 7.16. The average Bonchev–Trinajstić information content (AvgIpc) is 3.98. The number of benzene rings is 1. The molecular weight excluding hydrogens is 641 g/mol. The lowest BCUT2D eigenvalue weighted by atomic mass is 9.85. The third-order valence-electron chi connectivity index (χ3n) is 10.3. The van der Waals surface area contributed by atoms with Crippen LogP contribution < -0.4 is 25.2 Å². The number of methoxy groups -OCH3 is 1. The zero-order valence-corrected chi connectivity index (χ0v) is 28.3. The van der Waals surface area contributed by atoms with Crippen molar-refractivity contribution < 1.29 is 36.7 Å². The summed E-state index contributed by atoms with van der Waals surface area (Å²) in [6, 6.07) is 2.21. The lowest BCUT2D eigenvalue weighted by molar-refractivity contribution is -0.141. The Labute approximate surface area is 280 Å². The van der Waals surface area contributed by atoms with E-state index >= 15 is 0 Å². The van der Waals surface area contributed by atoms with Crippen molar-refractivity contribution in [3.63, 3.8) is 0 Å². The number of aromatic nitrogens is 1. The molecule has 7 atom stereocenters. The van der Waals surface area contributed by atoms with Crippen LogP contribution in [-0.2, 0) is 24.4 Å². The number of nitrogens with zero attached hydrogens (tertiary/aromatic N) is 2. The summed E-state index contributed by atoms with van der Waals surface area (Å²) in [7, 11) is -2.39. The van der Waals surface area contributed by atoms with Crippen molar-refractivity contribution >= 4 is 38.5 Å². The molecule has 2 aliphatic heterocycles. The molecule has 2 aromatic rings. The van der Waals surface area contributed by atoms with Gasteiger partial charge in [0.2, 0.25) is 27.7 Å². The highest BCUT2D eigenvalue weighted by Gasteiger charge is 2.62. The molecule has 3 fully saturated rings. The summed E-state index contributed by atoms with van der Waals surface area (Å²) in [5.74, 6) is -2.02. The first-order valence-corrected chi connectivity index (χ1v) is 18.3. The highest BCUT2D eigenvalue weighted by Crippen LogP contribution is 2.46. The van der Waals surface area contributed by atoms with Crippen molar-refractivity contribution in [1.29, 1.82) is 0 Å². The highest BCUT2D eigenvalue weighted by molar-refractivity contribution is 7.91. The summed E-state index contributed by atoms with van der Waals surface area (Å²) in [5.41, 5.74) is 5.16. The van der Waals surface area contributed by atoms with Gasteiger partial charge >= 0.3 is 0 Å². The van der Waals surface area contributed by atoms with Crippen molar-refractivity contribution in [2.45, 2.75) is 94.2 Å². The zero-order valence-electron chi connectivity index (χ0n) is 27.5. The van der Waals surface area contributed by atoms with E-state index < -0.39 is 68.5 Å². The minimum atomic E-state index is -3.87. The summed E-state index contributed by atoms with van der Waals surface area (Å²) >= 11 is 0. The molecule has 2 saturated carbocycles. The van der Waals surface area contributed by atoms with Crippen LogP contribution >= 0.6 is 0 Å². The summed E-state index contributed by atoms with van der Waals surface area (Å²) in [6.07, 6.45) is 8.79. The number of carbonyl (C=O) groups excluding carboxylic acids is 3. The van der Waals surface area contributed by atoms with Crippen molar-refractivity contribution in [1.82, 2.24) is 19.9 Å². The molecule has 0 radical (unpaired) electrons. The minimum absolute atomic E-state index is 0.000285. The third kappa shape index (κ3) is 6.73. The standard InChI is InChI=1S/C34H44FN5O7S/c1-4-20-13-19(2)7-5-6-8-21-16-34(21,33(43)39-48(44,45)24-10-11-24)38-30(41)27-15-23(18-40(27)32(42)29(20)36)47-31-26-14-22(35)9-12-25(26)28(46-3)17-37-31/h6,8-9,12,14,17,19-21,23-24,27,29H,4-5,7,10-11,13,15-16,18,36H2,1-3H3,(H,38,41)(H,39,43)/t19-,20-,21-,23-,27+,29+,34-/m1/s1. The maximum Gasteiger partial charge on any atom is 0.259 e. The van der Waals surface area contributed by atoms with E-state index in [-0.39, 0.29) is 37.1 Å². The second-order valence-corrected chi connectivity index (χ2v) is 15.8. The quantitative estimate of drug-likeness (QED) is 0.371. The van der Waals surface area contributed by atoms with Gasteiger partial charge in [0.25, 0.3) is 5.91 Å². The number of ether oxygens (including phenoxy) is 2. The molecule has 260 valence electrons. The summed E-state index contributed by atoms with van der Waals surface area (Å²) < 4.78 is 53.7. The van der Waals surface area contributed by atoms with Gasteiger partial charge in [0.1, 0.15) is 29.3 Å². The lowest BCUT2D eigenvalue weighted by Crippen LogP contribution is -2.58. The molecule has 12 nitrogen and oxygen atoms in total. The molecule has 3 amide bonds. The van der Waals surface area contributed by atoms with Crippen LogP contribution in [0.1, 0.15) is 65.2 Å². The topological polar surface area (TPSA) is 170 Å². The van der Waals surface area contributed by atoms with E-state index in [4.69, 9.17) is 15.2 Å². The molecule has 4 N–H and O–H groups in total. The van der Waals surface area contributed by atoms with Crippen LogP contribution in [0.25, 0.3) is 10.8 Å². The largest absolute Gasteiger partial charge is 0.494 e. The minimum Gasteiger partial charge on any atom is -0.494 e. The van der Waals surface area contributed by atoms with E-state index in [9.17, 15) is 27.2 Å². The van der Waals surface area contributed by atoms with Crippen molar-refractivity contribution in [2.24, 2.45) is 23.5 Å². The van der Waals surface area contributed by atoms with Gasteiger partial charge in [-0.3, -0.25) is 19.1 Å². The molecule has 14 heteroatoms. The summed E-state index contributed by atoms with van der Waals surface area (Å²) in [4.78, 5) is 47.6. The van der Waals surface area contributed by atoms with E-state index in [0.717, 1.165) is 19.3 Å². The number of hydrogen-bond donors (Lipinski definition) is 3. The Morgan fingerprint density at radius 1 is 1.21 bits per heavy atom. The van der Waals surface area contributed by atoms with Crippen molar-refractivity contribution in [3.8, 4) is 11.6 Å². The molecule has 2 aliphatic carbocycles. The number of sulfonamides is 1. The van der Waals surface area contributed by atoms with Gasteiger partial charge in [-0.25, -0.2) is 17.8 Å². The monoisotopic (exact) mass is 685 g/mol. The second-order valence-electron chi connectivity index (χ2n) is 13.8. The van der Waals surface area contributed by atoms with Crippen LogP contribution in [0, 0.1) is 23.6 Å². The molecule has 6 rings (SSSR count). The van der Waals surface area contributed by atoms with E-state index in [1.165, 1.54) is 30.3 Å². The number of allylic oxidation sites excluding steroid dienone is 1. The molecule has 48 heavy (non-hydrogen) atoms. The molecule has 4 aliphatic rings. The number of nitrogens with one attached hydrogen (secondary N) is 2. The first kappa shape index (κ1) is 34.1. The zero-order chi connectivity index (χ0) is 34.4. The second kappa shape index (κ2) is 13.3. The fraction of sp³-hybridized carbons (Fsp3) is 0.588. The van der Waals surface area contributed by atoms with Gasteiger partial charge in [0, 0.05) is 17.7 Å². The Morgan fingerprint density at radius 3 is 2.69 bits per heavy atom. The van der Waals surface area contributed by atoms with Gasteiger partial charge in [0.15, 0.2) is 0 Å². The molecule has 1 aromatic heterocycles. The van der Waals surface area contributed by atoms with Crippen LogP contribution in [0.2, 0.25) is 0 Å². The Kier molecular flexibility index (Phi) is 9.42. The number of rotatable bonds is 7.